The maximum atomic E-state index is 12.9. The summed E-state index contributed by atoms with van der Waals surface area (Å²) >= 11 is 4.38. The highest BCUT2D eigenvalue weighted by Crippen LogP contribution is 2.37. The third-order valence-corrected chi connectivity index (χ3v) is 5.05. The van der Waals surface area contributed by atoms with Crippen LogP contribution in [0.2, 0.25) is 0 Å². The van der Waals surface area contributed by atoms with Gasteiger partial charge in [0, 0.05) is 0 Å². The highest BCUT2D eigenvalue weighted by molar-refractivity contribution is 9.10. The summed E-state index contributed by atoms with van der Waals surface area (Å²) in [5.74, 6) is 0.530. The molecule has 0 N–H and O–H groups in total. The van der Waals surface area contributed by atoms with Crippen LogP contribution in [0, 0.1) is 6.92 Å². The Balaban J connectivity index is 1.97. The van der Waals surface area contributed by atoms with Crippen LogP contribution in [0.5, 0.6) is 0 Å². The molecule has 3 aromatic heterocycles. The summed E-state index contributed by atoms with van der Waals surface area (Å²) in [6.45, 7) is 3.19. The average Bonchev–Trinajstić information content (AvgIpc) is 3.18. The third kappa shape index (κ3) is 2.92. The molecule has 0 bridgehead atoms. The lowest BCUT2D eigenvalue weighted by molar-refractivity contribution is -0.142. The van der Waals surface area contributed by atoms with Gasteiger partial charge in [0.1, 0.15) is 6.04 Å². The summed E-state index contributed by atoms with van der Waals surface area (Å²) in [6.07, 6.45) is -4.54. The van der Waals surface area contributed by atoms with Crippen molar-refractivity contribution in [3.05, 3.63) is 39.3 Å². The van der Waals surface area contributed by atoms with Crippen LogP contribution in [0.25, 0.3) is 10.8 Å². The van der Waals surface area contributed by atoms with Gasteiger partial charge in [-0.3, -0.25) is 4.68 Å². The third-order valence-electron chi connectivity index (χ3n) is 3.24. The monoisotopic (exact) mass is 406 g/mol. The van der Waals surface area contributed by atoms with E-state index in [-0.39, 0.29) is 10.4 Å². The molecule has 5 nitrogen and oxygen atoms in total. The minimum atomic E-state index is -4.54. The second-order valence-corrected chi connectivity index (χ2v) is 6.53. The number of nitrogens with zero attached hydrogens (tertiary/aromatic N) is 4. The molecule has 0 radical (unpaired) electrons. The molecule has 0 aliphatic rings. The van der Waals surface area contributed by atoms with Crippen molar-refractivity contribution >= 4 is 27.3 Å². The molecular weight excluding hydrogens is 397 g/mol. The van der Waals surface area contributed by atoms with Crippen molar-refractivity contribution in [2.24, 2.45) is 0 Å². The zero-order valence-electron chi connectivity index (χ0n) is 11.9. The molecule has 0 fully saturated rings. The second-order valence-electron chi connectivity index (χ2n) is 4.79. The number of aromatic nitrogens is 4. The first-order valence-electron chi connectivity index (χ1n) is 6.48. The van der Waals surface area contributed by atoms with Gasteiger partial charge in [0.15, 0.2) is 5.69 Å². The van der Waals surface area contributed by atoms with Crippen molar-refractivity contribution in [3.63, 3.8) is 0 Å². The highest BCUT2D eigenvalue weighted by atomic mass is 79.9. The van der Waals surface area contributed by atoms with E-state index >= 15 is 0 Å². The average molecular weight is 407 g/mol. The zero-order valence-corrected chi connectivity index (χ0v) is 14.3. The van der Waals surface area contributed by atoms with E-state index in [0.29, 0.717) is 11.6 Å². The van der Waals surface area contributed by atoms with E-state index in [9.17, 15) is 13.2 Å². The predicted octanol–water partition coefficient (Wildman–Crippen LogP) is 4.69. The number of rotatable bonds is 3. The molecule has 3 heterocycles. The maximum Gasteiger partial charge on any atom is 0.436 e. The van der Waals surface area contributed by atoms with E-state index < -0.39 is 17.9 Å². The summed E-state index contributed by atoms with van der Waals surface area (Å²) in [5, 5.41) is 13.4. The quantitative estimate of drug-likeness (QED) is 0.632. The highest BCUT2D eigenvalue weighted by Gasteiger charge is 2.38. The normalized spacial score (nSPS) is 13.5. The molecule has 3 aromatic rings. The Bertz CT molecular complexity index is 825. The molecule has 0 aromatic carbocycles. The van der Waals surface area contributed by atoms with E-state index in [1.807, 2.05) is 17.5 Å². The van der Waals surface area contributed by atoms with Crippen molar-refractivity contribution in [2.75, 3.05) is 0 Å². The van der Waals surface area contributed by atoms with Crippen molar-refractivity contribution in [1.82, 2.24) is 20.0 Å². The smallest absolute Gasteiger partial charge is 0.418 e. The molecule has 122 valence electrons. The summed E-state index contributed by atoms with van der Waals surface area (Å²) in [4.78, 5) is 0.797. The fraction of sp³-hybridized carbons (Fsp3) is 0.308. The van der Waals surface area contributed by atoms with Gasteiger partial charge in [-0.15, -0.1) is 21.5 Å². The van der Waals surface area contributed by atoms with Crippen LogP contribution in [0.4, 0.5) is 13.2 Å². The molecule has 10 heteroatoms. The largest absolute Gasteiger partial charge is 0.436 e. The van der Waals surface area contributed by atoms with Crippen LogP contribution < -0.4 is 0 Å². The molecule has 0 saturated heterocycles. The van der Waals surface area contributed by atoms with Gasteiger partial charge in [-0.2, -0.15) is 18.3 Å². The number of hydrogen-bond acceptors (Lipinski definition) is 5. The summed E-state index contributed by atoms with van der Waals surface area (Å²) in [5.41, 5.74) is -0.638. The molecule has 0 spiro atoms. The van der Waals surface area contributed by atoms with Gasteiger partial charge >= 0.3 is 6.18 Å². The van der Waals surface area contributed by atoms with E-state index in [1.165, 1.54) is 16.0 Å². The van der Waals surface area contributed by atoms with E-state index in [0.717, 1.165) is 4.88 Å². The molecule has 0 aliphatic carbocycles. The standard InChI is InChI=1S/C13H10BrF3N4OS/c1-6-9(14)10(13(15,16)17)20-21(6)7(2)11-18-19-12(22-11)8-4-3-5-23-8/h3-5,7H,1-2H3. The van der Waals surface area contributed by atoms with Crippen LogP contribution in [0.3, 0.4) is 0 Å². The first kappa shape index (κ1) is 16.2. The molecule has 0 saturated carbocycles. The Morgan fingerprint density at radius 1 is 1.35 bits per heavy atom. The fourth-order valence-electron chi connectivity index (χ4n) is 2.06. The van der Waals surface area contributed by atoms with Gasteiger partial charge in [-0.25, -0.2) is 0 Å². The Morgan fingerprint density at radius 2 is 2.09 bits per heavy atom. The van der Waals surface area contributed by atoms with Gasteiger partial charge in [-0.1, -0.05) is 6.07 Å². The molecule has 0 amide bonds. The summed E-state index contributed by atoms with van der Waals surface area (Å²) < 4.78 is 45.5. The Labute approximate surface area is 141 Å². The van der Waals surface area contributed by atoms with Gasteiger partial charge in [0.2, 0.25) is 5.89 Å². The van der Waals surface area contributed by atoms with E-state index in [2.05, 4.69) is 31.2 Å². The van der Waals surface area contributed by atoms with Crippen LogP contribution in [0.1, 0.15) is 30.2 Å². The fourth-order valence-corrected chi connectivity index (χ4v) is 3.19. The number of hydrogen-bond donors (Lipinski definition) is 0. The number of thiophene rings is 1. The Morgan fingerprint density at radius 3 is 2.65 bits per heavy atom. The van der Waals surface area contributed by atoms with Crippen LogP contribution in [-0.4, -0.2) is 20.0 Å². The Hall–Kier alpha value is -1.68. The summed E-state index contributed by atoms with van der Waals surface area (Å²) in [6, 6.07) is 3.05. The van der Waals surface area contributed by atoms with Crippen LogP contribution >= 0.6 is 27.3 Å². The first-order chi connectivity index (χ1) is 10.8. The summed E-state index contributed by atoms with van der Waals surface area (Å²) in [7, 11) is 0. The topological polar surface area (TPSA) is 56.7 Å². The van der Waals surface area contributed by atoms with Gasteiger partial charge in [0.25, 0.3) is 5.89 Å². The number of alkyl halides is 3. The van der Waals surface area contributed by atoms with Crippen molar-refractivity contribution in [2.45, 2.75) is 26.1 Å². The predicted molar refractivity (Wildman–Crippen MR) is 81.1 cm³/mol. The molecule has 23 heavy (non-hydrogen) atoms. The van der Waals surface area contributed by atoms with E-state index in [4.69, 9.17) is 4.42 Å². The van der Waals surface area contributed by atoms with Crippen LogP contribution in [-0.2, 0) is 6.18 Å². The van der Waals surface area contributed by atoms with Crippen LogP contribution in [0.15, 0.2) is 26.4 Å². The number of halogens is 4. The lowest BCUT2D eigenvalue weighted by Crippen LogP contribution is -2.13. The van der Waals surface area contributed by atoms with Crippen molar-refractivity contribution < 1.29 is 17.6 Å². The minimum absolute atomic E-state index is 0.0881. The molecule has 3 rings (SSSR count). The lowest BCUT2D eigenvalue weighted by atomic mass is 10.3. The van der Waals surface area contributed by atoms with Crippen molar-refractivity contribution in [3.8, 4) is 10.8 Å². The minimum Gasteiger partial charge on any atom is -0.418 e. The van der Waals surface area contributed by atoms with Gasteiger partial charge in [-0.05, 0) is 41.2 Å². The van der Waals surface area contributed by atoms with Crippen molar-refractivity contribution in [1.29, 1.82) is 0 Å². The molecular formula is C13H10BrF3N4OS. The molecule has 1 unspecified atom stereocenters. The second kappa shape index (κ2) is 5.75. The zero-order chi connectivity index (χ0) is 16.8. The molecule has 1 atom stereocenters. The Kier molecular flexibility index (Phi) is 4.05. The van der Waals surface area contributed by atoms with Gasteiger partial charge < -0.3 is 4.42 Å². The van der Waals surface area contributed by atoms with Gasteiger partial charge in [0.05, 0.1) is 15.0 Å². The SMILES string of the molecule is Cc1c(Br)c(C(F)(F)F)nn1C(C)c1nnc(-c2cccs2)o1. The maximum absolute atomic E-state index is 12.9. The molecule has 0 aliphatic heterocycles. The lowest BCUT2D eigenvalue weighted by Gasteiger charge is -2.09. The first-order valence-corrected chi connectivity index (χ1v) is 8.15. The van der Waals surface area contributed by atoms with E-state index in [1.54, 1.807) is 13.8 Å².